The first-order valence-electron chi connectivity index (χ1n) is 13.0. The van der Waals surface area contributed by atoms with E-state index in [4.69, 9.17) is 15.0 Å². The fourth-order valence-corrected chi connectivity index (χ4v) is 5.78. The number of nitrogens with two attached hydrogens (primary N) is 1. The molecule has 2 heterocycles. The molecule has 0 aliphatic rings. The molecule has 11 heteroatoms. The molecule has 0 saturated carbocycles. The second-order valence-corrected chi connectivity index (χ2v) is 18.3. The normalized spacial score (nSPS) is 12.2. The van der Waals surface area contributed by atoms with Crippen molar-refractivity contribution < 1.29 is 13.2 Å². The van der Waals surface area contributed by atoms with E-state index < -0.39 is 18.1 Å². The Hall–Kier alpha value is -3.77. The molecule has 3 N–H and O–H groups in total. The molecule has 3 aromatic carbocycles. The molecular weight excluding hydrogens is 541 g/mol. The minimum atomic E-state index is -3.88. The molecule has 208 valence electrons. The Bertz CT molecular complexity index is 1760. The van der Waals surface area contributed by atoms with Crippen molar-refractivity contribution in [2.75, 3.05) is 11.9 Å². The van der Waals surface area contributed by atoms with Gasteiger partial charge in [-0.3, -0.25) is 4.68 Å². The first-order valence-corrected chi connectivity index (χ1v) is 18.3. The van der Waals surface area contributed by atoms with Crippen LogP contribution in [0.3, 0.4) is 0 Å². The second kappa shape index (κ2) is 11.0. The van der Waals surface area contributed by atoms with Gasteiger partial charge in [0.05, 0.1) is 16.6 Å². The first kappa shape index (κ1) is 27.8. The number of nitrogens with one attached hydrogen (secondary N) is 1. The second-order valence-electron chi connectivity index (χ2n) is 11.1. The van der Waals surface area contributed by atoms with Crippen molar-refractivity contribution >= 4 is 40.4 Å². The van der Waals surface area contributed by atoms with Crippen molar-refractivity contribution in [1.29, 1.82) is 0 Å². The summed E-state index contributed by atoms with van der Waals surface area (Å²) in [5.74, 6) is 0. The summed E-state index contributed by atoms with van der Waals surface area (Å²) in [6, 6.07) is 21.7. The van der Waals surface area contributed by atoms with E-state index >= 15 is 0 Å². The molecule has 0 amide bonds. The fraction of sp³-hybridized carbons (Fsp3) is 0.241. The van der Waals surface area contributed by atoms with Crippen LogP contribution in [-0.4, -0.2) is 42.7 Å². The van der Waals surface area contributed by atoms with Crippen LogP contribution in [0.5, 0.6) is 0 Å². The van der Waals surface area contributed by atoms with E-state index in [-0.39, 0.29) is 11.6 Å². The number of hydrogen-bond donors (Lipinski definition) is 2. The minimum absolute atomic E-state index is 0.0358. The molecule has 2 aromatic heterocycles. The van der Waals surface area contributed by atoms with Crippen LogP contribution >= 0.6 is 0 Å². The zero-order chi connectivity index (χ0) is 28.5. The number of para-hydroxylation sites is 1. The highest BCUT2D eigenvalue weighted by molar-refractivity contribution is 7.89. The Morgan fingerprint density at radius 2 is 1.77 bits per heavy atom. The molecule has 40 heavy (non-hydrogen) atoms. The molecule has 0 saturated heterocycles. The van der Waals surface area contributed by atoms with Crippen molar-refractivity contribution in [3.05, 3.63) is 79.1 Å². The lowest BCUT2D eigenvalue weighted by Gasteiger charge is -2.16. The number of aromatic nitrogens is 4. The summed E-state index contributed by atoms with van der Waals surface area (Å²) in [5.41, 5.74) is 5.87. The summed E-state index contributed by atoms with van der Waals surface area (Å²) in [7, 11) is -3.25. The third-order valence-electron chi connectivity index (χ3n) is 6.60. The maximum absolute atomic E-state index is 12.1. The molecule has 0 aliphatic heterocycles. The zero-order valence-electron chi connectivity index (χ0n) is 23.1. The van der Waals surface area contributed by atoms with Crippen LogP contribution in [0.1, 0.15) is 0 Å². The fourth-order valence-electron chi connectivity index (χ4n) is 4.46. The number of nitrogens with zero attached hydrogens (tertiary/aromatic N) is 4. The lowest BCUT2D eigenvalue weighted by Crippen LogP contribution is -2.22. The molecule has 0 atom stereocenters. The van der Waals surface area contributed by atoms with Gasteiger partial charge in [0, 0.05) is 61.4 Å². The minimum Gasteiger partial charge on any atom is -0.360 e. The Balaban J connectivity index is 1.68. The van der Waals surface area contributed by atoms with Crippen LogP contribution in [0.2, 0.25) is 25.7 Å². The first-order chi connectivity index (χ1) is 19.0. The molecule has 0 aliphatic carbocycles. The van der Waals surface area contributed by atoms with E-state index in [0.29, 0.717) is 17.9 Å². The average molecular weight is 575 g/mol. The summed E-state index contributed by atoms with van der Waals surface area (Å²) in [5, 5.41) is 19.2. The predicted octanol–water partition coefficient (Wildman–Crippen LogP) is 5.81. The number of aryl methyl sites for hydroxylation is 1. The zero-order valence-corrected chi connectivity index (χ0v) is 24.9. The van der Waals surface area contributed by atoms with Crippen LogP contribution in [0.15, 0.2) is 84.0 Å². The van der Waals surface area contributed by atoms with Gasteiger partial charge in [0.25, 0.3) is 0 Å². The Kier molecular flexibility index (Phi) is 7.65. The van der Waals surface area contributed by atoms with Gasteiger partial charge in [0.15, 0.2) is 0 Å². The number of sulfonamides is 1. The molecule has 9 nitrogen and oxygen atoms in total. The van der Waals surface area contributed by atoms with Gasteiger partial charge in [-0.05, 0) is 42.4 Å². The predicted molar refractivity (Wildman–Crippen MR) is 163 cm³/mol. The van der Waals surface area contributed by atoms with Gasteiger partial charge >= 0.3 is 0 Å². The molecule has 0 spiro atoms. The summed E-state index contributed by atoms with van der Waals surface area (Å²) in [6.45, 7) is 7.87. The van der Waals surface area contributed by atoms with Gasteiger partial charge in [-0.1, -0.05) is 50.0 Å². The largest absolute Gasteiger partial charge is 0.360 e. The summed E-state index contributed by atoms with van der Waals surface area (Å²) >= 11 is 0. The third-order valence-corrected chi connectivity index (χ3v) is 9.22. The van der Waals surface area contributed by atoms with Gasteiger partial charge in [0.2, 0.25) is 10.0 Å². The van der Waals surface area contributed by atoms with Crippen molar-refractivity contribution in [2.24, 2.45) is 12.2 Å². The van der Waals surface area contributed by atoms with Gasteiger partial charge < -0.3 is 10.1 Å². The van der Waals surface area contributed by atoms with Crippen LogP contribution in [0, 0.1) is 0 Å². The van der Waals surface area contributed by atoms with Gasteiger partial charge in [-0.2, -0.15) is 10.2 Å². The smallest absolute Gasteiger partial charge is 0.238 e. The summed E-state index contributed by atoms with van der Waals surface area (Å²) in [6.07, 6.45) is 3.80. The number of hydrogen-bond acceptors (Lipinski definition) is 6. The van der Waals surface area contributed by atoms with Gasteiger partial charge in [0.1, 0.15) is 12.4 Å². The van der Waals surface area contributed by atoms with Crippen molar-refractivity contribution in [3.63, 3.8) is 0 Å². The number of primary sulfonamides is 1. The quantitative estimate of drug-likeness (QED) is 0.161. The Labute approximate surface area is 235 Å². The van der Waals surface area contributed by atoms with E-state index in [0.717, 1.165) is 39.4 Å². The van der Waals surface area contributed by atoms with Crippen molar-refractivity contribution in [1.82, 2.24) is 19.6 Å². The summed E-state index contributed by atoms with van der Waals surface area (Å²) in [4.78, 5) is 0.0358. The lowest BCUT2D eigenvalue weighted by atomic mass is 10.0. The molecular formula is C29H34N6O3SSi. The topological polar surface area (TPSA) is 117 Å². The molecule has 0 unspecified atom stereocenters. The van der Waals surface area contributed by atoms with Crippen molar-refractivity contribution in [3.8, 4) is 22.4 Å². The maximum Gasteiger partial charge on any atom is 0.238 e. The monoisotopic (exact) mass is 574 g/mol. The molecule has 0 bridgehead atoms. The third kappa shape index (κ3) is 6.34. The standard InChI is InChI=1S/C29H34N6O3SSi/c1-34-19-22(18-31-34)25-17-28-26(16-27(25)32-23-10-6-5-7-11-23)29(21-9-8-12-24(15-21)39(30,36)37)33-35(28)20-38-13-14-40(2,3)4/h5-12,15-19,32H,13-14,20H2,1-4H3,(H2,30,36,37). The number of fused-ring (bicyclic) bond motifs is 1. The SMILES string of the molecule is Cn1cc(-c2cc3c(cc2Nc2ccccc2)c(-c2cccc(S(N)(=O)=O)c2)nn3COCC[Si](C)(C)C)cn1. The maximum atomic E-state index is 12.1. The van der Waals surface area contributed by atoms with Crippen LogP contribution < -0.4 is 10.5 Å². The molecule has 0 radical (unpaired) electrons. The van der Waals surface area contributed by atoms with E-state index in [1.54, 1.807) is 16.8 Å². The Morgan fingerprint density at radius 1 is 1.00 bits per heavy atom. The number of anilines is 2. The number of ether oxygens (including phenoxy) is 1. The Morgan fingerprint density at radius 3 is 2.45 bits per heavy atom. The molecule has 5 rings (SSSR count). The number of benzene rings is 3. The highest BCUT2D eigenvalue weighted by atomic mass is 32.2. The highest BCUT2D eigenvalue weighted by Gasteiger charge is 2.20. The molecule has 0 fully saturated rings. The van der Waals surface area contributed by atoms with Crippen LogP contribution in [0.4, 0.5) is 11.4 Å². The van der Waals surface area contributed by atoms with E-state index in [9.17, 15) is 8.42 Å². The lowest BCUT2D eigenvalue weighted by molar-refractivity contribution is 0.0818. The van der Waals surface area contributed by atoms with Crippen LogP contribution in [-0.2, 0) is 28.5 Å². The highest BCUT2D eigenvalue weighted by Crippen LogP contribution is 2.38. The van der Waals surface area contributed by atoms with Gasteiger partial charge in [-0.25, -0.2) is 18.2 Å². The van der Waals surface area contributed by atoms with Gasteiger partial charge in [-0.15, -0.1) is 0 Å². The number of rotatable bonds is 10. The summed E-state index contributed by atoms with van der Waals surface area (Å²) < 4.78 is 33.9. The van der Waals surface area contributed by atoms with E-state index in [1.165, 1.54) is 6.07 Å². The van der Waals surface area contributed by atoms with Crippen LogP contribution in [0.25, 0.3) is 33.3 Å². The average Bonchev–Trinajstić information content (AvgIpc) is 3.49. The van der Waals surface area contributed by atoms with E-state index in [2.05, 4.69) is 42.2 Å². The van der Waals surface area contributed by atoms with Crippen molar-refractivity contribution in [2.45, 2.75) is 37.3 Å². The van der Waals surface area contributed by atoms with E-state index in [1.807, 2.05) is 60.5 Å². The molecule has 5 aromatic rings.